The average molecular weight is 477 g/mol. The van der Waals surface area contributed by atoms with E-state index in [0.717, 1.165) is 21.9 Å². The third-order valence-corrected chi connectivity index (χ3v) is 5.72. The van der Waals surface area contributed by atoms with Crippen molar-refractivity contribution in [2.24, 2.45) is 11.5 Å². The fraction of sp³-hybridized carbons (Fsp3) is 0.321. The summed E-state index contributed by atoms with van der Waals surface area (Å²) in [6, 6.07) is 22.7. The van der Waals surface area contributed by atoms with Gasteiger partial charge in [0.25, 0.3) is 0 Å². The molecule has 0 saturated carbocycles. The molecule has 0 aromatic heterocycles. The van der Waals surface area contributed by atoms with Crippen molar-refractivity contribution in [3.05, 3.63) is 83.9 Å². The van der Waals surface area contributed by atoms with Crippen LogP contribution in [0.4, 0.5) is 0 Å². The second-order valence-electron chi connectivity index (χ2n) is 8.59. The molecule has 0 aliphatic heterocycles. The Morgan fingerprint density at radius 3 is 2.29 bits per heavy atom. The van der Waals surface area contributed by atoms with Gasteiger partial charge in [-0.1, -0.05) is 72.8 Å². The Kier molecular flexibility index (Phi) is 9.80. The van der Waals surface area contributed by atoms with Crippen LogP contribution in [0.25, 0.3) is 10.8 Å². The van der Waals surface area contributed by atoms with Crippen molar-refractivity contribution >= 4 is 28.6 Å². The maximum absolute atomic E-state index is 12.5. The number of hydrogen-bond acceptors (Lipinski definition) is 6. The third kappa shape index (κ3) is 8.87. The molecule has 35 heavy (non-hydrogen) atoms. The topological polar surface area (TPSA) is 122 Å². The van der Waals surface area contributed by atoms with Crippen LogP contribution in [0.3, 0.4) is 0 Å². The normalized spacial score (nSPS) is 12.6. The maximum atomic E-state index is 12.5. The molecule has 0 unspecified atom stereocenters. The van der Waals surface area contributed by atoms with Crippen LogP contribution in [-0.2, 0) is 36.9 Å². The summed E-state index contributed by atoms with van der Waals surface area (Å²) in [5.74, 6) is -1.50. The lowest BCUT2D eigenvalue weighted by Crippen LogP contribution is -2.36. The van der Waals surface area contributed by atoms with Crippen LogP contribution in [-0.4, -0.2) is 30.0 Å². The molecule has 0 aliphatic carbocycles. The summed E-state index contributed by atoms with van der Waals surface area (Å²) < 4.78 is 10.7. The lowest BCUT2D eigenvalue weighted by molar-refractivity contribution is -0.153. The van der Waals surface area contributed by atoms with Crippen LogP contribution in [0.2, 0.25) is 0 Å². The number of rotatable bonds is 13. The number of amides is 1. The number of aryl methyl sites for hydroxylation is 1. The summed E-state index contributed by atoms with van der Waals surface area (Å²) >= 11 is 0. The van der Waals surface area contributed by atoms with Gasteiger partial charge in [-0.25, -0.2) is 0 Å². The molecule has 2 atom stereocenters. The highest BCUT2D eigenvalue weighted by Crippen LogP contribution is 2.18. The predicted octanol–water partition coefficient (Wildman–Crippen LogP) is 3.80. The molecule has 3 aromatic rings. The summed E-state index contributed by atoms with van der Waals surface area (Å²) in [5, 5.41) is 2.27. The number of fused-ring (bicyclic) bond motifs is 1. The van der Waals surface area contributed by atoms with E-state index in [9.17, 15) is 14.4 Å². The summed E-state index contributed by atoms with van der Waals surface area (Å²) in [4.78, 5) is 35.9. The van der Waals surface area contributed by atoms with Crippen LogP contribution >= 0.6 is 0 Å². The highest BCUT2D eigenvalue weighted by Gasteiger charge is 2.22. The third-order valence-electron chi connectivity index (χ3n) is 5.72. The zero-order chi connectivity index (χ0) is 25.0. The molecule has 0 bridgehead atoms. The number of nitrogens with two attached hydrogens (primary N) is 2. The molecule has 0 fully saturated rings. The van der Waals surface area contributed by atoms with E-state index in [4.69, 9.17) is 20.9 Å². The molecule has 3 aromatic carbocycles. The van der Waals surface area contributed by atoms with E-state index in [0.29, 0.717) is 19.3 Å². The SMILES string of the molecule is NC(=O)C[C@H](CCc1ccc2ccccc2c1)OC(=O)[C@@H](N)CCCC(=O)OCc1ccccc1. The molecule has 0 radical (unpaired) electrons. The van der Waals surface area contributed by atoms with E-state index in [1.807, 2.05) is 66.7 Å². The van der Waals surface area contributed by atoms with Crippen LogP contribution in [0.15, 0.2) is 72.8 Å². The molecule has 1 amide bonds. The number of benzene rings is 3. The highest BCUT2D eigenvalue weighted by atomic mass is 16.5. The Morgan fingerprint density at radius 2 is 1.54 bits per heavy atom. The Morgan fingerprint density at radius 1 is 0.829 bits per heavy atom. The van der Waals surface area contributed by atoms with Crippen molar-refractivity contribution in [3.63, 3.8) is 0 Å². The van der Waals surface area contributed by atoms with Crippen LogP contribution < -0.4 is 11.5 Å². The first-order valence-corrected chi connectivity index (χ1v) is 11.8. The van der Waals surface area contributed by atoms with Crippen molar-refractivity contribution in [2.45, 2.75) is 57.3 Å². The van der Waals surface area contributed by atoms with Gasteiger partial charge in [-0.2, -0.15) is 0 Å². The van der Waals surface area contributed by atoms with E-state index < -0.39 is 24.0 Å². The molecule has 0 aliphatic rings. The van der Waals surface area contributed by atoms with E-state index in [-0.39, 0.29) is 31.8 Å². The largest absolute Gasteiger partial charge is 0.461 e. The maximum Gasteiger partial charge on any atom is 0.323 e. The van der Waals surface area contributed by atoms with E-state index in [2.05, 4.69) is 6.07 Å². The minimum atomic E-state index is -0.895. The van der Waals surface area contributed by atoms with Gasteiger partial charge in [0, 0.05) is 6.42 Å². The molecule has 7 nitrogen and oxygen atoms in total. The van der Waals surface area contributed by atoms with Gasteiger partial charge in [0.05, 0.1) is 6.42 Å². The predicted molar refractivity (Wildman–Crippen MR) is 134 cm³/mol. The summed E-state index contributed by atoms with van der Waals surface area (Å²) in [6.45, 7) is 0.208. The van der Waals surface area contributed by atoms with Gasteiger partial charge in [-0.05, 0) is 47.6 Å². The second kappa shape index (κ2) is 13.2. The molecule has 0 heterocycles. The van der Waals surface area contributed by atoms with Gasteiger partial charge in [0.1, 0.15) is 18.8 Å². The van der Waals surface area contributed by atoms with E-state index in [1.54, 1.807) is 0 Å². The average Bonchev–Trinajstić information content (AvgIpc) is 2.86. The van der Waals surface area contributed by atoms with Gasteiger partial charge < -0.3 is 20.9 Å². The van der Waals surface area contributed by atoms with Gasteiger partial charge >= 0.3 is 11.9 Å². The summed E-state index contributed by atoms with van der Waals surface area (Å²) in [6.07, 6.45) is 1.16. The first kappa shape index (κ1) is 25.9. The van der Waals surface area contributed by atoms with Crippen molar-refractivity contribution < 1.29 is 23.9 Å². The van der Waals surface area contributed by atoms with Crippen LogP contribution in [0, 0.1) is 0 Å². The summed E-state index contributed by atoms with van der Waals surface area (Å²) in [7, 11) is 0. The number of ether oxygens (including phenoxy) is 2. The van der Waals surface area contributed by atoms with E-state index >= 15 is 0 Å². The number of primary amides is 1. The Bertz CT molecular complexity index is 1130. The second-order valence-corrected chi connectivity index (χ2v) is 8.59. The van der Waals surface area contributed by atoms with Crippen molar-refractivity contribution in [1.82, 2.24) is 0 Å². The van der Waals surface area contributed by atoms with Crippen molar-refractivity contribution in [2.75, 3.05) is 0 Å². The van der Waals surface area contributed by atoms with Crippen molar-refractivity contribution in [3.8, 4) is 0 Å². The first-order valence-electron chi connectivity index (χ1n) is 11.8. The summed E-state index contributed by atoms with van der Waals surface area (Å²) in [5.41, 5.74) is 13.3. The first-order chi connectivity index (χ1) is 16.9. The lowest BCUT2D eigenvalue weighted by Gasteiger charge is -2.19. The quantitative estimate of drug-likeness (QED) is 0.362. The lowest BCUT2D eigenvalue weighted by atomic mass is 10.0. The standard InChI is InChI=1S/C28H32N2O5/c29-25(11-6-12-27(32)34-19-21-7-2-1-3-8-21)28(33)35-24(18-26(30)31)16-14-20-13-15-22-9-4-5-10-23(22)17-20/h1-5,7-10,13,15,17,24-25H,6,11-12,14,16,18-19,29H2,(H2,30,31)/t24-,25-/m0/s1. The molecule has 0 saturated heterocycles. The van der Waals surface area contributed by atoms with Crippen molar-refractivity contribution in [1.29, 1.82) is 0 Å². The fourth-order valence-electron chi connectivity index (χ4n) is 3.80. The monoisotopic (exact) mass is 476 g/mol. The van der Waals surface area contributed by atoms with Gasteiger partial charge in [0.2, 0.25) is 5.91 Å². The molecule has 7 heteroatoms. The molecular weight excluding hydrogens is 444 g/mol. The minimum absolute atomic E-state index is 0.0716. The number of esters is 2. The number of carbonyl (C=O) groups excluding carboxylic acids is 3. The molecule has 0 spiro atoms. The van der Waals surface area contributed by atoms with Crippen LogP contribution in [0.5, 0.6) is 0 Å². The molecular formula is C28H32N2O5. The highest BCUT2D eigenvalue weighted by molar-refractivity contribution is 5.83. The molecule has 184 valence electrons. The Balaban J connectivity index is 1.43. The van der Waals surface area contributed by atoms with Gasteiger partial charge in [0.15, 0.2) is 0 Å². The molecule has 3 rings (SSSR count). The fourth-order valence-corrected chi connectivity index (χ4v) is 3.80. The smallest absolute Gasteiger partial charge is 0.323 e. The molecule has 4 N–H and O–H groups in total. The zero-order valence-corrected chi connectivity index (χ0v) is 19.7. The van der Waals surface area contributed by atoms with Gasteiger partial charge in [-0.3, -0.25) is 14.4 Å². The number of hydrogen-bond donors (Lipinski definition) is 2. The minimum Gasteiger partial charge on any atom is -0.461 e. The number of carbonyl (C=O) groups is 3. The van der Waals surface area contributed by atoms with Crippen LogP contribution in [0.1, 0.15) is 43.2 Å². The van der Waals surface area contributed by atoms with E-state index in [1.165, 1.54) is 0 Å². The Hall–Kier alpha value is -3.71. The zero-order valence-electron chi connectivity index (χ0n) is 19.7. The van der Waals surface area contributed by atoms with Gasteiger partial charge in [-0.15, -0.1) is 0 Å². The Labute approximate surface area is 205 Å².